The minimum Gasteiger partial charge on any atom is -0.507 e. The van der Waals surface area contributed by atoms with Gasteiger partial charge in [0.2, 0.25) is 0 Å². The molecule has 3 aromatic rings. The summed E-state index contributed by atoms with van der Waals surface area (Å²) < 4.78 is 1.95. The maximum atomic E-state index is 9.93. The first kappa shape index (κ1) is 13.9. The average Bonchev–Trinajstić information content (AvgIpc) is 2.95. The van der Waals surface area contributed by atoms with Gasteiger partial charge in [0.15, 0.2) is 0 Å². The van der Waals surface area contributed by atoms with Crippen LogP contribution in [0.2, 0.25) is 0 Å². The minimum atomic E-state index is 0.323. The molecule has 0 unspecified atom stereocenters. The maximum Gasteiger partial charge on any atom is 0.138 e. The lowest BCUT2D eigenvalue weighted by atomic mass is 10.1. The molecule has 2 aromatic carbocycles. The number of fused-ring (bicyclic) bond motifs is 1. The summed E-state index contributed by atoms with van der Waals surface area (Å²) in [4.78, 5) is 5.48. The summed E-state index contributed by atoms with van der Waals surface area (Å²) in [5.41, 5.74) is 0. The summed E-state index contributed by atoms with van der Waals surface area (Å²) in [6.07, 6.45) is 2.66. The molecule has 5 heteroatoms. The van der Waals surface area contributed by atoms with Crippen LogP contribution >= 0.6 is 11.8 Å². The van der Waals surface area contributed by atoms with E-state index in [9.17, 15) is 5.11 Å². The zero-order valence-electron chi connectivity index (χ0n) is 11.9. The molecule has 0 fully saturated rings. The highest BCUT2D eigenvalue weighted by Crippen LogP contribution is 2.34. The molecule has 0 bridgehead atoms. The van der Waals surface area contributed by atoms with Crippen LogP contribution in [-0.2, 0) is 12.3 Å². The van der Waals surface area contributed by atoms with Gasteiger partial charge in [0.1, 0.15) is 17.9 Å². The number of nitrogens with zero attached hydrogens (tertiary/aromatic N) is 3. The molecule has 0 aliphatic rings. The van der Waals surface area contributed by atoms with E-state index in [1.807, 2.05) is 35.0 Å². The lowest BCUT2D eigenvalue weighted by molar-refractivity contribution is 0.481. The topological polar surface area (TPSA) is 50.9 Å². The summed E-state index contributed by atoms with van der Waals surface area (Å²) in [6.45, 7) is 3.03. The van der Waals surface area contributed by atoms with E-state index >= 15 is 0 Å². The lowest BCUT2D eigenvalue weighted by Gasteiger charge is -2.08. The van der Waals surface area contributed by atoms with Crippen LogP contribution in [0.25, 0.3) is 10.8 Å². The summed E-state index contributed by atoms with van der Waals surface area (Å²) in [7, 11) is 0. The van der Waals surface area contributed by atoms with Gasteiger partial charge in [-0.2, -0.15) is 5.10 Å². The van der Waals surface area contributed by atoms with Gasteiger partial charge in [0.05, 0.1) is 5.75 Å². The molecule has 108 valence electrons. The molecule has 0 spiro atoms. The van der Waals surface area contributed by atoms with Crippen molar-refractivity contribution in [3.63, 3.8) is 0 Å². The Morgan fingerprint density at radius 3 is 2.76 bits per heavy atom. The zero-order valence-corrected chi connectivity index (χ0v) is 12.7. The third kappa shape index (κ3) is 2.88. The maximum absolute atomic E-state index is 9.93. The number of hydrogen-bond acceptors (Lipinski definition) is 4. The van der Waals surface area contributed by atoms with Crippen molar-refractivity contribution in [3.8, 4) is 5.75 Å². The van der Waals surface area contributed by atoms with Crippen molar-refractivity contribution in [2.24, 2.45) is 0 Å². The Morgan fingerprint density at radius 1 is 1.14 bits per heavy atom. The largest absolute Gasteiger partial charge is 0.507 e. The Hall–Kier alpha value is -2.01. The van der Waals surface area contributed by atoms with Gasteiger partial charge in [-0.15, -0.1) is 11.8 Å². The third-order valence-corrected chi connectivity index (χ3v) is 4.42. The highest BCUT2D eigenvalue weighted by atomic mass is 32.2. The van der Waals surface area contributed by atoms with Crippen molar-refractivity contribution >= 4 is 22.5 Å². The number of phenolic OH excluding ortho intramolecular Hbond substituents is 1. The molecule has 0 atom stereocenters. The normalized spacial score (nSPS) is 11.1. The van der Waals surface area contributed by atoms with E-state index in [1.165, 1.54) is 0 Å². The lowest BCUT2D eigenvalue weighted by Crippen LogP contribution is -2.04. The van der Waals surface area contributed by atoms with E-state index in [2.05, 4.69) is 17.0 Å². The third-order valence-electron chi connectivity index (χ3n) is 3.35. The first-order valence-corrected chi connectivity index (χ1v) is 7.98. The number of rotatable bonds is 5. The van der Waals surface area contributed by atoms with Crippen molar-refractivity contribution in [1.29, 1.82) is 0 Å². The van der Waals surface area contributed by atoms with Crippen molar-refractivity contribution in [1.82, 2.24) is 14.8 Å². The number of phenols is 1. The Kier molecular flexibility index (Phi) is 4.10. The molecule has 0 radical (unpaired) electrons. The Bertz CT molecular complexity index is 754. The second-order valence-electron chi connectivity index (χ2n) is 4.82. The number of aromatic nitrogens is 3. The first-order valence-electron chi connectivity index (χ1n) is 6.99. The fraction of sp³-hybridized carbons (Fsp3) is 0.250. The molecule has 3 rings (SSSR count). The number of aromatic hydroxyl groups is 1. The van der Waals surface area contributed by atoms with Crippen LogP contribution in [0.1, 0.15) is 19.2 Å². The van der Waals surface area contributed by atoms with Crippen molar-refractivity contribution < 1.29 is 5.11 Å². The second kappa shape index (κ2) is 6.18. The van der Waals surface area contributed by atoms with Crippen LogP contribution in [-0.4, -0.2) is 19.9 Å². The van der Waals surface area contributed by atoms with E-state index in [4.69, 9.17) is 0 Å². The zero-order chi connectivity index (χ0) is 14.7. The van der Waals surface area contributed by atoms with Gasteiger partial charge in [-0.05, 0) is 23.9 Å². The van der Waals surface area contributed by atoms with E-state index in [-0.39, 0.29) is 0 Å². The molecule has 0 aliphatic heterocycles. The van der Waals surface area contributed by atoms with Gasteiger partial charge in [0.25, 0.3) is 0 Å². The highest BCUT2D eigenvalue weighted by Gasteiger charge is 2.08. The monoisotopic (exact) mass is 299 g/mol. The standard InChI is InChI=1S/C16H17N3OS/c1-2-9-19-16(17-11-18-19)10-21-15-8-7-14(20)12-5-3-4-6-13(12)15/h3-8,11,20H,2,9-10H2,1H3. The van der Waals surface area contributed by atoms with E-state index in [0.717, 1.165) is 40.2 Å². The molecule has 0 amide bonds. The Balaban J connectivity index is 1.85. The molecule has 0 saturated heterocycles. The Labute approximate surface area is 127 Å². The Morgan fingerprint density at radius 2 is 1.95 bits per heavy atom. The molecule has 1 aromatic heterocycles. The molecule has 0 saturated carbocycles. The molecule has 1 N–H and O–H groups in total. The van der Waals surface area contributed by atoms with Crippen LogP contribution in [0.4, 0.5) is 0 Å². The molecule has 21 heavy (non-hydrogen) atoms. The van der Waals surface area contributed by atoms with Crippen LogP contribution in [0.15, 0.2) is 47.6 Å². The van der Waals surface area contributed by atoms with Crippen molar-refractivity contribution in [2.45, 2.75) is 30.5 Å². The predicted molar refractivity (Wildman–Crippen MR) is 85.5 cm³/mol. The molecule has 4 nitrogen and oxygen atoms in total. The smallest absolute Gasteiger partial charge is 0.138 e. The summed E-state index contributed by atoms with van der Waals surface area (Å²) in [5, 5.41) is 16.1. The van der Waals surface area contributed by atoms with Crippen LogP contribution in [0.5, 0.6) is 5.75 Å². The van der Waals surface area contributed by atoms with Crippen LogP contribution in [0, 0.1) is 0 Å². The van der Waals surface area contributed by atoms with Crippen molar-refractivity contribution in [2.75, 3.05) is 0 Å². The van der Waals surface area contributed by atoms with E-state index < -0.39 is 0 Å². The van der Waals surface area contributed by atoms with E-state index in [1.54, 1.807) is 24.2 Å². The molecule has 0 aliphatic carbocycles. The second-order valence-corrected chi connectivity index (χ2v) is 5.83. The first-order chi connectivity index (χ1) is 10.3. The van der Waals surface area contributed by atoms with Gasteiger partial charge in [0, 0.05) is 16.8 Å². The van der Waals surface area contributed by atoms with Crippen molar-refractivity contribution in [3.05, 3.63) is 48.5 Å². The van der Waals surface area contributed by atoms with Crippen LogP contribution in [0.3, 0.4) is 0 Å². The number of thioether (sulfide) groups is 1. The van der Waals surface area contributed by atoms with Gasteiger partial charge in [-0.1, -0.05) is 31.2 Å². The van der Waals surface area contributed by atoms with Gasteiger partial charge in [-0.25, -0.2) is 9.67 Å². The average molecular weight is 299 g/mol. The fourth-order valence-corrected chi connectivity index (χ4v) is 3.33. The fourth-order valence-electron chi connectivity index (χ4n) is 2.32. The summed E-state index contributed by atoms with van der Waals surface area (Å²) >= 11 is 1.72. The van der Waals surface area contributed by atoms with E-state index in [0.29, 0.717) is 5.75 Å². The predicted octanol–water partition coefficient (Wildman–Crippen LogP) is 3.84. The highest BCUT2D eigenvalue weighted by molar-refractivity contribution is 7.98. The number of hydrogen-bond donors (Lipinski definition) is 1. The number of aryl methyl sites for hydroxylation is 1. The molecular formula is C16H17N3OS. The summed E-state index contributed by atoms with van der Waals surface area (Å²) in [5.74, 6) is 2.08. The number of benzene rings is 2. The molecule has 1 heterocycles. The SMILES string of the molecule is CCCn1ncnc1CSc1ccc(O)c2ccccc12. The minimum absolute atomic E-state index is 0.323. The molecular weight excluding hydrogens is 282 g/mol. The van der Waals surface area contributed by atoms with Gasteiger partial charge in [-0.3, -0.25) is 0 Å². The van der Waals surface area contributed by atoms with Crippen LogP contribution < -0.4 is 0 Å². The van der Waals surface area contributed by atoms with Gasteiger partial charge >= 0.3 is 0 Å². The quantitative estimate of drug-likeness (QED) is 0.727. The van der Waals surface area contributed by atoms with Gasteiger partial charge < -0.3 is 5.11 Å². The summed E-state index contributed by atoms with van der Waals surface area (Å²) in [6, 6.07) is 11.6.